The summed E-state index contributed by atoms with van der Waals surface area (Å²) in [4.78, 5) is 42.6. The van der Waals surface area contributed by atoms with Crippen molar-refractivity contribution in [2.45, 2.75) is 0 Å². The van der Waals surface area contributed by atoms with E-state index in [0.717, 1.165) is 61.1 Å². The average Bonchev–Trinajstić information content (AvgIpc) is 4.07. The third-order valence-electron chi connectivity index (χ3n) is 13.1. The number of para-hydroxylation sites is 8. The number of aromatic nitrogens is 6. The van der Waals surface area contributed by atoms with Gasteiger partial charge in [-0.3, -0.25) is 28.4 Å². The minimum Gasteiger partial charge on any atom is -0.505 e. The highest BCUT2D eigenvalue weighted by Gasteiger charge is 2.28. The van der Waals surface area contributed by atoms with Crippen molar-refractivity contribution in [3.8, 4) is 39.9 Å². The topological polar surface area (TPSA) is 127 Å². The molecule has 0 bridgehead atoms. The molecule has 12 nitrogen and oxygen atoms in total. The predicted octanol–water partition coefficient (Wildman–Crippen LogP) is 11.7. The molecule has 0 amide bonds. The fourth-order valence-corrected chi connectivity index (χ4v) is 10.2. The SMILES string of the molecule is O=c1n(-c2ccc3c(c2)c2ccccc2n3-c2ccccc2)c2ccccc2n1-c1cc(-n2c(=O)n(-c3ccc4c(c3)c3ccccc3n4-c3ccccc3)c3ccccc32)c([N+](=O)[O-])cc1O. The second-order valence-corrected chi connectivity index (χ2v) is 16.8. The maximum Gasteiger partial charge on any atom is 0.338 e. The molecule has 13 aromatic rings. The molecule has 0 atom stereocenters. The monoisotopic (exact) mass is 885 g/mol. The van der Waals surface area contributed by atoms with Crippen LogP contribution in [0.2, 0.25) is 0 Å². The van der Waals surface area contributed by atoms with Crippen molar-refractivity contribution < 1.29 is 10.0 Å². The summed E-state index contributed by atoms with van der Waals surface area (Å²) in [6.07, 6.45) is 0. The van der Waals surface area contributed by atoms with Crippen molar-refractivity contribution >= 4 is 71.4 Å². The van der Waals surface area contributed by atoms with E-state index in [2.05, 4.69) is 45.5 Å². The van der Waals surface area contributed by atoms with E-state index in [0.29, 0.717) is 33.4 Å². The lowest BCUT2D eigenvalue weighted by Gasteiger charge is -2.11. The van der Waals surface area contributed by atoms with Gasteiger partial charge in [0.15, 0.2) is 0 Å². The molecule has 0 aliphatic heterocycles. The summed E-state index contributed by atoms with van der Waals surface area (Å²) in [5.41, 5.74) is 7.15. The molecule has 0 aliphatic carbocycles. The third kappa shape index (κ3) is 5.54. The van der Waals surface area contributed by atoms with Gasteiger partial charge in [0.2, 0.25) is 0 Å². The van der Waals surface area contributed by atoms with Crippen LogP contribution in [0.4, 0.5) is 5.69 Å². The van der Waals surface area contributed by atoms with Crippen molar-refractivity contribution in [1.29, 1.82) is 0 Å². The van der Waals surface area contributed by atoms with Gasteiger partial charge in [-0.05, 0) is 103 Å². The molecule has 9 aromatic carbocycles. The second kappa shape index (κ2) is 14.7. The lowest BCUT2D eigenvalue weighted by atomic mass is 10.1. The Bertz CT molecular complexity index is 4360. The molecule has 324 valence electrons. The number of hydrogen-bond donors (Lipinski definition) is 1. The lowest BCUT2D eigenvalue weighted by molar-refractivity contribution is -0.384. The van der Waals surface area contributed by atoms with Gasteiger partial charge in [-0.25, -0.2) is 9.59 Å². The zero-order chi connectivity index (χ0) is 45.8. The van der Waals surface area contributed by atoms with Crippen molar-refractivity contribution in [2.75, 3.05) is 0 Å². The number of nitrogens with zero attached hydrogens (tertiary/aromatic N) is 7. The number of imidazole rings is 2. The zero-order valence-corrected chi connectivity index (χ0v) is 35.8. The second-order valence-electron chi connectivity index (χ2n) is 16.8. The van der Waals surface area contributed by atoms with Crippen molar-refractivity contribution in [3.63, 3.8) is 0 Å². The van der Waals surface area contributed by atoms with E-state index in [-0.39, 0.29) is 11.4 Å². The first kappa shape index (κ1) is 38.8. The quantitative estimate of drug-likeness (QED) is 0.126. The van der Waals surface area contributed by atoms with E-state index in [4.69, 9.17) is 0 Å². The average molecular weight is 886 g/mol. The Morgan fingerprint density at radius 3 is 1.15 bits per heavy atom. The summed E-state index contributed by atoms with van der Waals surface area (Å²) in [6.45, 7) is 0. The third-order valence-corrected chi connectivity index (χ3v) is 13.1. The number of aromatic hydroxyl groups is 1. The first-order valence-corrected chi connectivity index (χ1v) is 22.0. The van der Waals surface area contributed by atoms with Gasteiger partial charge in [0, 0.05) is 32.9 Å². The molecule has 0 saturated heterocycles. The number of hydrogen-bond acceptors (Lipinski definition) is 5. The number of benzene rings is 9. The summed E-state index contributed by atoms with van der Waals surface area (Å²) < 4.78 is 10.1. The molecule has 0 spiro atoms. The molecule has 13 rings (SSSR count). The maximum atomic E-state index is 15.1. The molecule has 68 heavy (non-hydrogen) atoms. The Kier molecular flexibility index (Phi) is 8.36. The first-order valence-electron chi connectivity index (χ1n) is 22.0. The van der Waals surface area contributed by atoms with Crippen molar-refractivity contribution in [3.05, 3.63) is 237 Å². The summed E-state index contributed by atoms with van der Waals surface area (Å²) >= 11 is 0. The highest BCUT2D eigenvalue weighted by Crippen LogP contribution is 2.39. The smallest absolute Gasteiger partial charge is 0.338 e. The van der Waals surface area contributed by atoms with Crippen LogP contribution >= 0.6 is 0 Å². The largest absolute Gasteiger partial charge is 0.505 e. The molecule has 0 saturated carbocycles. The van der Waals surface area contributed by atoms with Gasteiger partial charge < -0.3 is 14.2 Å². The van der Waals surface area contributed by atoms with Gasteiger partial charge in [-0.2, -0.15) is 0 Å². The van der Waals surface area contributed by atoms with E-state index >= 15 is 9.59 Å². The molecule has 4 aromatic heterocycles. The predicted molar refractivity (Wildman–Crippen MR) is 268 cm³/mol. The van der Waals surface area contributed by atoms with Gasteiger partial charge in [0.1, 0.15) is 11.4 Å². The molecule has 0 aliphatic rings. The molecule has 0 radical (unpaired) electrons. The summed E-state index contributed by atoms with van der Waals surface area (Å²) in [5, 5.41) is 28.6. The Balaban J connectivity index is 1.01. The number of phenolic OH excluding ortho intramolecular Hbond substituents is 1. The molecule has 0 fully saturated rings. The van der Waals surface area contributed by atoms with Crippen molar-refractivity contribution in [2.24, 2.45) is 0 Å². The molecule has 4 heterocycles. The Hall–Kier alpha value is -9.68. The van der Waals surface area contributed by atoms with Gasteiger partial charge in [0.05, 0.1) is 72.2 Å². The molecule has 1 N–H and O–H groups in total. The van der Waals surface area contributed by atoms with Crippen LogP contribution in [-0.4, -0.2) is 37.4 Å². The highest BCUT2D eigenvalue weighted by molar-refractivity contribution is 6.11. The summed E-state index contributed by atoms with van der Waals surface area (Å²) in [5.74, 6) is -0.510. The number of rotatable bonds is 7. The normalized spacial score (nSPS) is 11.8. The van der Waals surface area contributed by atoms with E-state index in [9.17, 15) is 15.2 Å². The molecule has 12 heteroatoms. The van der Waals surface area contributed by atoms with Crippen LogP contribution in [0.15, 0.2) is 216 Å². The first-order chi connectivity index (χ1) is 33.4. The Labute approximate surface area is 384 Å². The Morgan fingerprint density at radius 2 is 0.706 bits per heavy atom. The van der Waals surface area contributed by atoms with E-state index in [1.54, 1.807) is 39.5 Å². The summed E-state index contributed by atoms with van der Waals surface area (Å²) in [7, 11) is 0. The van der Waals surface area contributed by atoms with Gasteiger partial charge in [0.25, 0.3) is 5.69 Å². The summed E-state index contributed by atoms with van der Waals surface area (Å²) in [6, 6.07) is 64.7. The van der Waals surface area contributed by atoms with Crippen LogP contribution in [-0.2, 0) is 0 Å². The molecular weight excluding hydrogens is 851 g/mol. The zero-order valence-electron chi connectivity index (χ0n) is 35.8. The van der Waals surface area contributed by atoms with Crippen molar-refractivity contribution in [1.82, 2.24) is 27.4 Å². The van der Waals surface area contributed by atoms with Gasteiger partial charge in [-0.15, -0.1) is 0 Å². The number of phenols is 1. The number of nitro benzene ring substituents is 1. The van der Waals surface area contributed by atoms with E-state index < -0.39 is 27.7 Å². The maximum absolute atomic E-state index is 15.1. The van der Waals surface area contributed by atoms with E-state index in [1.807, 2.05) is 127 Å². The lowest BCUT2D eigenvalue weighted by Crippen LogP contribution is -2.24. The molecular formula is C56H35N7O5. The standard InChI is InChI=1S/C56H35N7O5/c64-54-34-52(63(67)68)51(61-49-25-13-11-23-47(49)59(55(61)65)37-27-29-45-41(31-37)39-19-7-9-21-43(39)57(45)35-15-3-1-4-16-35)33-53(54)62-50-26-14-12-24-48(50)60(56(62)66)38-28-30-46-42(32-38)40-20-8-10-22-44(40)58(46)36-17-5-2-6-18-36/h1-34,64H. The van der Waals surface area contributed by atoms with Gasteiger partial charge in [-0.1, -0.05) is 97.1 Å². The van der Waals surface area contributed by atoms with Crippen LogP contribution in [0, 0.1) is 10.1 Å². The van der Waals surface area contributed by atoms with Crippen LogP contribution < -0.4 is 11.4 Å². The van der Waals surface area contributed by atoms with Gasteiger partial charge >= 0.3 is 11.4 Å². The van der Waals surface area contributed by atoms with Crippen LogP contribution in [0.3, 0.4) is 0 Å². The fraction of sp³-hybridized carbons (Fsp3) is 0. The number of fused-ring (bicyclic) bond motifs is 8. The minimum absolute atomic E-state index is 0.0359. The minimum atomic E-state index is -0.630. The van der Waals surface area contributed by atoms with Crippen LogP contribution in [0.25, 0.3) is 99.8 Å². The molecule has 0 unspecified atom stereocenters. The fourth-order valence-electron chi connectivity index (χ4n) is 10.2. The van der Waals surface area contributed by atoms with Crippen LogP contribution in [0.5, 0.6) is 5.75 Å². The van der Waals surface area contributed by atoms with E-state index in [1.165, 1.54) is 15.2 Å². The number of nitro groups is 1. The van der Waals surface area contributed by atoms with Crippen LogP contribution in [0.1, 0.15) is 0 Å². The highest BCUT2D eigenvalue weighted by atomic mass is 16.6. The Morgan fingerprint density at radius 1 is 0.338 bits per heavy atom.